The summed E-state index contributed by atoms with van der Waals surface area (Å²) in [6, 6.07) is 8.96. The van der Waals surface area contributed by atoms with E-state index >= 15 is 4.39 Å². The van der Waals surface area contributed by atoms with Crippen LogP contribution in [0.1, 0.15) is 117 Å². The van der Waals surface area contributed by atoms with Crippen LogP contribution in [-0.4, -0.2) is 135 Å². The second-order valence-electron chi connectivity index (χ2n) is 20.6. The lowest BCUT2D eigenvalue weighted by molar-refractivity contribution is -0.142. The number of amides is 8. The third-order valence-corrected chi connectivity index (χ3v) is 13.0. The molecule has 4 rings (SSSR count). The lowest BCUT2D eigenvalue weighted by Gasteiger charge is -2.41. The maximum atomic E-state index is 15.1. The standard InChI is InChI=1S/C55H75F2N9O11/c1-34(2)49(63-45(69)18-11-8-14-27-65-46(70)21-22-47(65)71)53(75)61-35(3)51(73)62-42(54(76)77)17-12-13-25-59-44(68)23-26-60-52(74)41(58)24-28-66(48(72)33-67)50(55(4,5)6)43-29-37(39-30-38(56)19-20-40(39)57)32-64(43)31-36-15-9-7-10-16-36/h7,9-10,15-16,19-22,29-30,32,34-35,41-42,49-50,67H,8,11-14,17-18,23-28,31,33,58H2,1-6H3,(H,59,68)(H,60,74)(H,61,75)(H,62,73)(H,63,69)(H,76,77)/t35-,41-,42-,49?,50-/m0/s1. The molecule has 0 saturated carbocycles. The van der Waals surface area contributed by atoms with Gasteiger partial charge in [0.2, 0.25) is 35.4 Å². The fraction of sp³-hybridized carbons (Fsp3) is 0.509. The molecule has 8 amide bonds. The molecule has 1 aromatic heterocycles. The monoisotopic (exact) mass is 1080 g/mol. The average Bonchev–Trinajstić information content (AvgIpc) is 3.93. The number of carbonyl (C=O) groups excluding carboxylic acids is 8. The number of nitrogens with zero attached hydrogens (tertiary/aromatic N) is 3. The second-order valence-corrected chi connectivity index (χ2v) is 20.6. The highest BCUT2D eigenvalue weighted by Crippen LogP contribution is 2.41. The van der Waals surface area contributed by atoms with Gasteiger partial charge in [0, 0.05) is 80.7 Å². The van der Waals surface area contributed by atoms with Gasteiger partial charge in [0.15, 0.2) is 0 Å². The summed E-state index contributed by atoms with van der Waals surface area (Å²) in [6.07, 6.45) is 6.20. The zero-order valence-electron chi connectivity index (χ0n) is 44.7. The number of rotatable bonds is 31. The molecular weight excluding hydrogens is 1000 g/mol. The molecule has 20 nitrogen and oxygen atoms in total. The van der Waals surface area contributed by atoms with E-state index in [1.54, 1.807) is 26.1 Å². The number of nitrogens with two attached hydrogens (primary N) is 1. The van der Waals surface area contributed by atoms with Gasteiger partial charge in [0.05, 0.1) is 12.1 Å². The van der Waals surface area contributed by atoms with Gasteiger partial charge in [0.1, 0.15) is 36.4 Å². The molecule has 1 aliphatic rings. The third kappa shape index (κ3) is 19.3. The van der Waals surface area contributed by atoms with Gasteiger partial charge in [0.25, 0.3) is 11.8 Å². The van der Waals surface area contributed by atoms with Crippen LogP contribution in [0.5, 0.6) is 0 Å². The first-order chi connectivity index (χ1) is 36.4. The SMILES string of the molecule is CC(C)C(NC(=O)CCCCCN1C(=O)C=CC1=O)C(=O)N[C@@H](C)C(=O)N[C@@H](CCCCNC(=O)CCNC(=O)[C@@H](N)CCN(C(=O)CO)[C@@H](c1cc(-c2cc(F)ccc2F)cn1Cc1ccccc1)C(C)(C)C)C(=O)O. The molecule has 77 heavy (non-hydrogen) atoms. The number of unbranched alkanes of at least 4 members (excludes halogenated alkanes) is 3. The molecule has 2 aromatic carbocycles. The Morgan fingerprint density at radius 2 is 1.44 bits per heavy atom. The molecule has 1 aliphatic heterocycles. The van der Waals surface area contributed by atoms with Crippen LogP contribution in [0.4, 0.5) is 8.78 Å². The Balaban J connectivity index is 1.21. The van der Waals surface area contributed by atoms with Gasteiger partial charge < -0.3 is 52.0 Å². The van der Waals surface area contributed by atoms with E-state index < -0.39 is 95.3 Å². The van der Waals surface area contributed by atoms with E-state index in [1.165, 1.54) is 24.0 Å². The summed E-state index contributed by atoms with van der Waals surface area (Å²) in [7, 11) is 0. The molecule has 0 bridgehead atoms. The minimum absolute atomic E-state index is 0.00591. The lowest BCUT2D eigenvalue weighted by atomic mass is 9.82. The predicted molar refractivity (Wildman–Crippen MR) is 282 cm³/mol. The minimum Gasteiger partial charge on any atom is -0.480 e. The summed E-state index contributed by atoms with van der Waals surface area (Å²) in [5.41, 5.74) is 7.48. The molecule has 0 spiro atoms. The number of carboxylic acid groups (broad SMARTS) is 1. The highest BCUT2D eigenvalue weighted by molar-refractivity contribution is 6.12. The average molecular weight is 1080 g/mol. The summed E-state index contributed by atoms with van der Waals surface area (Å²) in [4.78, 5) is 116. The first-order valence-corrected chi connectivity index (χ1v) is 26.0. The highest BCUT2D eigenvalue weighted by atomic mass is 19.1. The molecular formula is C55H75F2N9O11. The van der Waals surface area contributed by atoms with Crippen molar-refractivity contribution in [3.63, 3.8) is 0 Å². The maximum Gasteiger partial charge on any atom is 0.326 e. The molecule has 0 fully saturated rings. The van der Waals surface area contributed by atoms with Crippen LogP contribution in [0.2, 0.25) is 0 Å². The number of carbonyl (C=O) groups is 9. The van der Waals surface area contributed by atoms with Crippen molar-refractivity contribution in [3.05, 3.63) is 95.8 Å². The largest absolute Gasteiger partial charge is 0.480 e. The smallest absolute Gasteiger partial charge is 0.326 e. The Bertz CT molecular complexity index is 2570. The minimum atomic E-state index is -1.31. The Hall–Kier alpha value is -7.33. The third-order valence-electron chi connectivity index (χ3n) is 13.0. The molecule has 0 aliphatic carbocycles. The zero-order chi connectivity index (χ0) is 57.0. The van der Waals surface area contributed by atoms with Crippen LogP contribution in [0.25, 0.3) is 11.1 Å². The van der Waals surface area contributed by atoms with Gasteiger partial charge in [-0.2, -0.15) is 0 Å². The Labute approximate surface area is 447 Å². The van der Waals surface area contributed by atoms with Crippen LogP contribution in [-0.2, 0) is 49.7 Å². The summed E-state index contributed by atoms with van der Waals surface area (Å²) < 4.78 is 31.4. The molecule has 0 radical (unpaired) electrons. The Morgan fingerprint density at radius 3 is 2.08 bits per heavy atom. The summed E-state index contributed by atoms with van der Waals surface area (Å²) in [5.74, 6) is -7.11. The van der Waals surface area contributed by atoms with Crippen molar-refractivity contribution in [2.45, 2.75) is 136 Å². The van der Waals surface area contributed by atoms with Crippen molar-refractivity contribution in [1.82, 2.24) is 41.0 Å². The van der Waals surface area contributed by atoms with Crippen molar-refractivity contribution in [1.29, 1.82) is 0 Å². The summed E-state index contributed by atoms with van der Waals surface area (Å²) >= 11 is 0. The van der Waals surface area contributed by atoms with Gasteiger partial charge >= 0.3 is 5.97 Å². The molecule has 2 heterocycles. The fourth-order valence-electron chi connectivity index (χ4n) is 8.82. The summed E-state index contributed by atoms with van der Waals surface area (Å²) in [6.45, 7) is 10.2. The van der Waals surface area contributed by atoms with Crippen molar-refractivity contribution in [2.24, 2.45) is 17.1 Å². The zero-order valence-corrected chi connectivity index (χ0v) is 44.7. The van der Waals surface area contributed by atoms with E-state index in [9.17, 15) is 57.8 Å². The Morgan fingerprint density at radius 1 is 0.753 bits per heavy atom. The highest BCUT2D eigenvalue weighted by Gasteiger charge is 2.38. The van der Waals surface area contributed by atoms with Crippen LogP contribution >= 0.6 is 0 Å². The molecule has 9 N–H and O–H groups in total. The van der Waals surface area contributed by atoms with Crippen LogP contribution < -0.4 is 32.3 Å². The normalized spacial score (nSPS) is 14.4. The fourth-order valence-corrected chi connectivity index (χ4v) is 8.82. The number of aliphatic hydroxyl groups excluding tert-OH is 1. The maximum absolute atomic E-state index is 15.1. The molecule has 5 atom stereocenters. The van der Waals surface area contributed by atoms with E-state index in [0.717, 1.165) is 28.7 Å². The number of hydrogen-bond acceptors (Lipinski definition) is 11. The van der Waals surface area contributed by atoms with Crippen molar-refractivity contribution in [2.75, 3.05) is 32.8 Å². The topological polar surface area (TPSA) is 292 Å². The van der Waals surface area contributed by atoms with Crippen LogP contribution in [0, 0.1) is 23.0 Å². The first-order valence-electron chi connectivity index (χ1n) is 26.0. The lowest BCUT2D eigenvalue weighted by Crippen LogP contribution is -2.56. The van der Waals surface area contributed by atoms with Gasteiger partial charge in [-0.05, 0) is 86.6 Å². The number of aliphatic hydroxyl groups is 1. The van der Waals surface area contributed by atoms with E-state index in [1.807, 2.05) is 55.7 Å². The van der Waals surface area contributed by atoms with Gasteiger partial charge in [-0.1, -0.05) is 71.4 Å². The molecule has 420 valence electrons. The van der Waals surface area contributed by atoms with Gasteiger partial charge in [-0.25, -0.2) is 13.6 Å². The summed E-state index contributed by atoms with van der Waals surface area (Å²) in [5, 5.41) is 33.0. The first kappa shape index (κ1) is 62.2. The molecule has 22 heteroatoms. The second kappa shape index (κ2) is 29.8. The number of imide groups is 1. The van der Waals surface area contributed by atoms with Crippen LogP contribution in [0.3, 0.4) is 0 Å². The van der Waals surface area contributed by atoms with E-state index in [2.05, 4.69) is 26.6 Å². The number of benzene rings is 2. The van der Waals surface area contributed by atoms with E-state index in [-0.39, 0.29) is 81.6 Å². The van der Waals surface area contributed by atoms with Crippen LogP contribution in [0.15, 0.2) is 72.9 Å². The molecule has 0 saturated heterocycles. The number of aliphatic carboxylic acids is 1. The van der Waals surface area contributed by atoms with Gasteiger partial charge in [-0.15, -0.1) is 0 Å². The Kier molecular flexibility index (Phi) is 24.1. The van der Waals surface area contributed by atoms with Gasteiger partial charge in [-0.3, -0.25) is 43.3 Å². The number of carboxylic acids is 1. The van der Waals surface area contributed by atoms with E-state index in [0.29, 0.717) is 43.5 Å². The molecule has 1 unspecified atom stereocenters. The van der Waals surface area contributed by atoms with Crippen molar-refractivity contribution < 1.29 is 62.1 Å². The number of halogens is 2. The number of hydrogen-bond donors (Lipinski definition) is 8. The molecule has 3 aromatic rings. The number of aromatic nitrogens is 1. The van der Waals surface area contributed by atoms with Crippen molar-refractivity contribution in [3.8, 4) is 11.1 Å². The predicted octanol–water partition coefficient (Wildman–Crippen LogP) is 3.60. The quantitative estimate of drug-likeness (QED) is 0.0339. The van der Waals surface area contributed by atoms with E-state index in [4.69, 9.17) is 5.73 Å². The number of nitrogens with one attached hydrogen (secondary N) is 5. The van der Waals surface area contributed by atoms with Crippen molar-refractivity contribution >= 4 is 53.2 Å².